The summed E-state index contributed by atoms with van der Waals surface area (Å²) in [5.41, 5.74) is 2.35. The highest BCUT2D eigenvalue weighted by molar-refractivity contribution is 6.05. The number of nitrogens with one attached hydrogen (secondary N) is 1. The number of benzene rings is 2. The van der Waals surface area contributed by atoms with Crippen LogP contribution >= 0.6 is 0 Å². The van der Waals surface area contributed by atoms with Crippen molar-refractivity contribution >= 4 is 29.5 Å². The summed E-state index contributed by atoms with van der Waals surface area (Å²) in [5, 5.41) is 12.0. The van der Waals surface area contributed by atoms with E-state index in [1.807, 2.05) is 30.3 Å². The Balaban J connectivity index is 1.38. The third-order valence-electron chi connectivity index (χ3n) is 6.36. The van der Waals surface area contributed by atoms with Gasteiger partial charge in [0.2, 0.25) is 11.8 Å². The van der Waals surface area contributed by atoms with Gasteiger partial charge in [0.05, 0.1) is 30.7 Å². The highest BCUT2D eigenvalue weighted by Gasteiger charge is 2.40. The lowest BCUT2D eigenvalue weighted by molar-refractivity contribution is -0.136. The van der Waals surface area contributed by atoms with Crippen molar-refractivity contribution in [2.24, 2.45) is 0 Å². The number of rotatable bonds is 5. The van der Waals surface area contributed by atoms with Gasteiger partial charge in [-0.2, -0.15) is 0 Å². The number of piperidine rings is 1. The predicted octanol–water partition coefficient (Wildman–Crippen LogP) is 3.33. The summed E-state index contributed by atoms with van der Waals surface area (Å²) >= 11 is 0. The lowest BCUT2D eigenvalue weighted by Crippen LogP contribution is -2.52. The zero-order valence-corrected chi connectivity index (χ0v) is 19.0. The summed E-state index contributed by atoms with van der Waals surface area (Å²) in [6.07, 6.45) is 0.421. The maximum absolute atomic E-state index is 15.0. The summed E-state index contributed by atoms with van der Waals surface area (Å²) in [7, 11) is 0. The van der Waals surface area contributed by atoms with Gasteiger partial charge in [-0.25, -0.2) is 9.18 Å². The van der Waals surface area contributed by atoms with E-state index in [-0.39, 0.29) is 42.6 Å². The number of anilines is 1. The first-order valence-corrected chi connectivity index (χ1v) is 11.3. The summed E-state index contributed by atoms with van der Waals surface area (Å²) in [4.78, 5) is 55.4. The number of halogens is 1. The molecule has 182 valence electrons. The molecule has 10 heteroatoms. The molecule has 3 aromatic rings. The minimum atomic E-state index is -1.26. The molecule has 1 aromatic heterocycles. The molecule has 2 N–H and O–H groups in total. The molecule has 2 aliphatic heterocycles. The Morgan fingerprint density at radius 1 is 1.14 bits per heavy atom. The van der Waals surface area contributed by atoms with Gasteiger partial charge in [0.1, 0.15) is 11.9 Å². The Labute approximate surface area is 205 Å². The molecular formula is C26H21FN4O5. The summed E-state index contributed by atoms with van der Waals surface area (Å²) < 4.78 is 15.0. The van der Waals surface area contributed by atoms with Crippen LogP contribution in [0.3, 0.4) is 0 Å². The van der Waals surface area contributed by atoms with Crippen LogP contribution in [0.4, 0.5) is 14.9 Å². The molecule has 0 spiro atoms. The molecule has 0 aliphatic carbocycles. The van der Waals surface area contributed by atoms with E-state index >= 15 is 4.39 Å². The van der Waals surface area contributed by atoms with Gasteiger partial charge in [0.25, 0.3) is 5.91 Å². The van der Waals surface area contributed by atoms with Crippen molar-refractivity contribution in [2.75, 3.05) is 4.90 Å². The number of imide groups is 1. The van der Waals surface area contributed by atoms with Crippen LogP contribution in [0.1, 0.15) is 34.3 Å². The molecule has 3 heterocycles. The molecule has 1 unspecified atom stereocenters. The van der Waals surface area contributed by atoms with Crippen LogP contribution in [0.15, 0.2) is 60.8 Å². The van der Waals surface area contributed by atoms with E-state index < -0.39 is 35.7 Å². The Hall–Kier alpha value is -4.60. The van der Waals surface area contributed by atoms with Crippen LogP contribution in [-0.4, -0.2) is 44.8 Å². The lowest BCUT2D eigenvalue weighted by Gasteiger charge is -2.29. The third-order valence-corrected chi connectivity index (χ3v) is 6.36. The standard InChI is InChI=1S/C26H21FN4O5/c27-20-11-15(10-18-19(20)14-31(25(18)34)22-8-9-23(32)29-24(22)33)13-30(26(35)36)17-6-7-21(28-12-17)16-4-2-1-3-5-16/h1-7,10-12,22H,8-9,13-14H2,(H,35,36)(H,29,32,33). The van der Waals surface area contributed by atoms with E-state index in [0.29, 0.717) is 11.4 Å². The normalized spacial score (nSPS) is 17.1. The zero-order chi connectivity index (χ0) is 25.4. The molecule has 0 radical (unpaired) electrons. The molecule has 4 amide bonds. The largest absolute Gasteiger partial charge is 0.465 e. The fourth-order valence-electron chi connectivity index (χ4n) is 4.54. The number of nitrogens with zero attached hydrogens (tertiary/aromatic N) is 3. The number of aromatic nitrogens is 1. The molecule has 2 aromatic carbocycles. The van der Waals surface area contributed by atoms with Gasteiger partial charge in [0.15, 0.2) is 0 Å². The quantitative estimate of drug-likeness (QED) is 0.532. The van der Waals surface area contributed by atoms with Crippen LogP contribution in [0.5, 0.6) is 0 Å². The number of hydrogen-bond donors (Lipinski definition) is 2. The van der Waals surface area contributed by atoms with E-state index in [1.54, 1.807) is 12.1 Å². The van der Waals surface area contributed by atoms with Crippen molar-refractivity contribution in [3.63, 3.8) is 0 Å². The second-order valence-electron chi connectivity index (χ2n) is 8.64. The van der Waals surface area contributed by atoms with E-state index in [2.05, 4.69) is 10.3 Å². The molecule has 2 aliphatic rings. The molecule has 9 nitrogen and oxygen atoms in total. The van der Waals surface area contributed by atoms with Crippen molar-refractivity contribution in [2.45, 2.75) is 32.0 Å². The highest BCUT2D eigenvalue weighted by atomic mass is 19.1. The topological polar surface area (TPSA) is 120 Å². The SMILES string of the molecule is O=C1CCC(N2Cc3c(F)cc(CN(C(=O)O)c4ccc(-c5ccccc5)nc4)cc3C2=O)C(=O)N1. The number of carboxylic acid groups (broad SMARTS) is 1. The second-order valence-corrected chi connectivity index (χ2v) is 8.64. The van der Waals surface area contributed by atoms with Gasteiger partial charge in [-0.05, 0) is 36.2 Å². The first kappa shape index (κ1) is 23.2. The van der Waals surface area contributed by atoms with Gasteiger partial charge in [0, 0.05) is 23.1 Å². The number of fused-ring (bicyclic) bond motifs is 1. The Morgan fingerprint density at radius 2 is 1.92 bits per heavy atom. The van der Waals surface area contributed by atoms with Crippen LogP contribution in [0, 0.1) is 5.82 Å². The fourth-order valence-corrected chi connectivity index (χ4v) is 4.54. The minimum absolute atomic E-state index is 0.0811. The van der Waals surface area contributed by atoms with Crippen LogP contribution in [-0.2, 0) is 22.7 Å². The summed E-state index contributed by atoms with van der Waals surface area (Å²) in [6, 6.07) is 14.5. The molecule has 36 heavy (non-hydrogen) atoms. The first-order chi connectivity index (χ1) is 17.3. The van der Waals surface area contributed by atoms with Crippen LogP contribution < -0.4 is 10.2 Å². The molecule has 5 rings (SSSR count). The van der Waals surface area contributed by atoms with Crippen molar-refractivity contribution in [3.8, 4) is 11.3 Å². The van der Waals surface area contributed by atoms with Crippen molar-refractivity contribution < 1.29 is 28.7 Å². The monoisotopic (exact) mass is 488 g/mol. The lowest BCUT2D eigenvalue weighted by atomic mass is 10.0. The van der Waals surface area contributed by atoms with E-state index in [0.717, 1.165) is 10.5 Å². The molecule has 0 saturated carbocycles. The number of carbonyl (C=O) groups is 4. The average Bonchev–Trinajstić information content (AvgIpc) is 3.20. The minimum Gasteiger partial charge on any atom is -0.465 e. The van der Waals surface area contributed by atoms with Gasteiger partial charge in [-0.3, -0.25) is 29.6 Å². The van der Waals surface area contributed by atoms with Crippen molar-refractivity contribution in [1.29, 1.82) is 0 Å². The van der Waals surface area contributed by atoms with E-state index in [4.69, 9.17) is 0 Å². The maximum Gasteiger partial charge on any atom is 0.412 e. The summed E-state index contributed by atoms with van der Waals surface area (Å²) in [6.45, 7) is -0.308. The molecular weight excluding hydrogens is 467 g/mol. The van der Waals surface area contributed by atoms with E-state index in [1.165, 1.54) is 23.2 Å². The van der Waals surface area contributed by atoms with Gasteiger partial charge in [-0.1, -0.05) is 30.3 Å². The Bertz CT molecular complexity index is 1380. The molecule has 0 bridgehead atoms. The first-order valence-electron chi connectivity index (χ1n) is 11.3. The Morgan fingerprint density at radius 3 is 2.58 bits per heavy atom. The molecule has 1 saturated heterocycles. The fraction of sp³-hybridized carbons (Fsp3) is 0.192. The third kappa shape index (κ3) is 4.28. The van der Waals surface area contributed by atoms with Crippen LogP contribution in [0.25, 0.3) is 11.3 Å². The van der Waals surface area contributed by atoms with Gasteiger partial charge >= 0.3 is 6.09 Å². The maximum atomic E-state index is 15.0. The highest BCUT2D eigenvalue weighted by Crippen LogP contribution is 2.31. The van der Waals surface area contributed by atoms with E-state index in [9.17, 15) is 24.3 Å². The number of amides is 4. The van der Waals surface area contributed by atoms with Gasteiger partial charge < -0.3 is 10.0 Å². The Kier molecular flexibility index (Phi) is 5.93. The van der Waals surface area contributed by atoms with Crippen molar-refractivity contribution in [3.05, 3.63) is 83.3 Å². The average molecular weight is 488 g/mol. The number of carbonyl (C=O) groups excluding carboxylic acids is 3. The number of pyridine rings is 1. The summed E-state index contributed by atoms with van der Waals surface area (Å²) in [5.74, 6) is -2.19. The predicted molar refractivity (Wildman–Crippen MR) is 126 cm³/mol. The molecule has 1 fully saturated rings. The van der Waals surface area contributed by atoms with Crippen molar-refractivity contribution in [1.82, 2.24) is 15.2 Å². The molecule has 1 atom stereocenters. The zero-order valence-electron chi connectivity index (χ0n) is 19.0. The number of hydrogen-bond acceptors (Lipinski definition) is 5. The van der Waals surface area contributed by atoms with Gasteiger partial charge in [-0.15, -0.1) is 0 Å². The second kappa shape index (κ2) is 9.21. The van der Waals surface area contributed by atoms with Crippen LogP contribution in [0.2, 0.25) is 0 Å². The smallest absolute Gasteiger partial charge is 0.412 e.